The van der Waals surface area contributed by atoms with Crippen LogP contribution in [0.1, 0.15) is 24.8 Å². The number of pyridine rings is 1. The number of thiophene rings is 1. The third-order valence-electron chi connectivity index (χ3n) is 10.1. The van der Waals surface area contributed by atoms with Gasteiger partial charge in [0.05, 0.1) is 47.5 Å². The Morgan fingerprint density at radius 1 is 1.12 bits per heavy atom. The predicted molar refractivity (Wildman–Crippen MR) is 181 cm³/mol. The molecule has 2 aliphatic heterocycles. The van der Waals surface area contributed by atoms with Crippen LogP contribution in [0.15, 0.2) is 17.3 Å². The van der Waals surface area contributed by atoms with Crippen LogP contribution in [0.5, 0.6) is 6.01 Å². The molecule has 0 unspecified atom stereocenters. The minimum Gasteiger partial charge on any atom is -0.463 e. The van der Waals surface area contributed by atoms with Gasteiger partial charge in [0.2, 0.25) is 0 Å². The van der Waals surface area contributed by atoms with Gasteiger partial charge in [-0.3, -0.25) is 14.9 Å². The molecule has 0 N–H and O–H groups in total. The molecule has 1 aliphatic carbocycles. The maximum absolute atomic E-state index is 16.9. The van der Waals surface area contributed by atoms with Gasteiger partial charge in [-0.15, -0.1) is 11.3 Å². The number of anilines is 1. The van der Waals surface area contributed by atoms with Crippen molar-refractivity contribution in [1.29, 1.82) is 5.26 Å². The number of nitriles is 1. The lowest BCUT2D eigenvalue weighted by molar-refractivity contribution is -0.150. The fourth-order valence-electron chi connectivity index (χ4n) is 7.08. The van der Waals surface area contributed by atoms with Crippen LogP contribution in [0.3, 0.4) is 0 Å². The molecule has 2 saturated heterocycles. The summed E-state index contributed by atoms with van der Waals surface area (Å²) in [5, 5.41) is 10.4. The second-order valence-corrected chi connectivity index (χ2v) is 14.5. The maximum atomic E-state index is 16.9. The molecule has 11 nitrogen and oxygen atoms in total. The van der Waals surface area contributed by atoms with Crippen LogP contribution in [-0.4, -0.2) is 117 Å². The zero-order valence-corrected chi connectivity index (χ0v) is 28.5. The smallest absolute Gasteiger partial charge is 0.319 e. The van der Waals surface area contributed by atoms with Crippen LogP contribution >= 0.6 is 11.3 Å². The summed E-state index contributed by atoms with van der Waals surface area (Å²) in [5.74, 6) is -2.81. The van der Waals surface area contributed by atoms with Crippen molar-refractivity contribution in [3.63, 3.8) is 0 Å². The van der Waals surface area contributed by atoms with E-state index in [1.807, 2.05) is 18.0 Å². The van der Waals surface area contributed by atoms with Crippen molar-refractivity contribution in [2.75, 3.05) is 85.3 Å². The van der Waals surface area contributed by atoms with Crippen LogP contribution in [0.25, 0.3) is 32.2 Å². The van der Waals surface area contributed by atoms with Gasteiger partial charge in [-0.25, -0.2) is 13.2 Å². The highest BCUT2D eigenvalue weighted by molar-refractivity contribution is 7.23. The van der Waals surface area contributed by atoms with Crippen molar-refractivity contribution in [3.8, 4) is 23.3 Å². The van der Waals surface area contributed by atoms with Gasteiger partial charge >= 0.3 is 6.01 Å². The predicted octanol–water partition coefficient (Wildman–Crippen LogP) is 5.18. The first-order valence-corrected chi connectivity index (χ1v) is 17.0. The third kappa shape index (κ3) is 5.89. The van der Waals surface area contributed by atoms with E-state index < -0.39 is 17.5 Å². The number of hydrogen-bond acceptors (Lipinski definition) is 12. The van der Waals surface area contributed by atoms with Crippen LogP contribution in [0, 0.1) is 34.2 Å². The van der Waals surface area contributed by atoms with Crippen LogP contribution in [0.2, 0.25) is 0 Å². The van der Waals surface area contributed by atoms with E-state index in [2.05, 4.69) is 45.6 Å². The first-order chi connectivity index (χ1) is 23.6. The quantitative estimate of drug-likeness (QED) is 0.195. The van der Waals surface area contributed by atoms with Gasteiger partial charge in [-0.1, -0.05) is 0 Å². The van der Waals surface area contributed by atoms with Gasteiger partial charge in [0.1, 0.15) is 34.7 Å². The number of nitrogens with zero attached hydrogens (tertiary/aromatic N) is 8. The molecule has 0 bridgehead atoms. The maximum Gasteiger partial charge on any atom is 0.319 e. The summed E-state index contributed by atoms with van der Waals surface area (Å²) in [6.07, 6.45) is 4.56. The normalized spacial score (nSPS) is 18.7. The van der Waals surface area contributed by atoms with Gasteiger partial charge in [-0.05, 0) is 46.1 Å². The Morgan fingerprint density at radius 2 is 1.88 bits per heavy atom. The summed E-state index contributed by atoms with van der Waals surface area (Å²) < 4.78 is 64.0. The number of hydrogen-bond donors (Lipinski definition) is 0. The van der Waals surface area contributed by atoms with Crippen molar-refractivity contribution in [1.82, 2.24) is 24.8 Å². The Morgan fingerprint density at radius 3 is 2.49 bits per heavy atom. The lowest BCUT2D eigenvalue weighted by Gasteiger charge is -2.49. The van der Waals surface area contributed by atoms with Crippen LogP contribution in [0.4, 0.5) is 24.0 Å². The molecular formula is C34H37F3N8O3S. The number of benzene rings is 1. The molecule has 0 radical (unpaired) electrons. The first kappa shape index (κ1) is 33.6. The average molecular weight is 695 g/mol. The molecule has 1 saturated carbocycles. The molecule has 7 rings (SSSR count). The molecule has 258 valence electrons. The number of fused-ring (bicyclic) bond motifs is 2. The summed E-state index contributed by atoms with van der Waals surface area (Å²) in [4.78, 5) is 24.1. The van der Waals surface area contributed by atoms with Crippen LogP contribution in [-0.2, 0) is 9.47 Å². The van der Waals surface area contributed by atoms with E-state index in [4.69, 9.17) is 19.2 Å². The summed E-state index contributed by atoms with van der Waals surface area (Å²) in [7, 11) is 6.00. The summed E-state index contributed by atoms with van der Waals surface area (Å²) >= 11 is 0.767. The Hall–Kier alpha value is -3.94. The molecule has 15 heteroatoms. The zero-order chi connectivity index (χ0) is 34.5. The van der Waals surface area contributed by atoms with Gasteiger partial charge in [0.15, 0.2) is 17.5 Å². The highest BCUT2D eigenvalue weighted by Crippen LogP contribution is 2.45. The van der Waals surface area contributed by atoms with Crippen molar-refractivity contribution in [2.45, 2.75) is 24.8 Å². The monoisotopic (exact) mass is 694 g/mol. The van der Waals surface area contributed by atoms with E-state index in [0.717, 1.165) is 56.3 Å². The third-order valence-corrected chi connectivity index (χ3v) is 11.2. The fourth-order valence-corrected chi connectivity index (χ4v) is 8.09. The molecule has 5 heterocycles. The number of halogens is 3. The Balaban J connectivity index is 1.33. The summed E-state index contributed by atoms with van der Waals surface area (Å²) in [6, 6.07) is 2.82. The minimum absolute atomic E-state index is 0.00960. The largest absolute Gasteiger partial charge is 0.463 e. The van der Waals surface area contributed by atoms with E-state index in [1.165, 1.54) is 6.20 Å². The van der Waals surface area contributed by atoms with E-state index in [-0.39, 0.29) is 61.0 Å². The number of rotatable bonds is 11. The molecule has 3 aromatic heterocycles. The molecule has 4 aromatic rings. The molecule has 0 atom stereocenters. The molecule has 1 aromatic carbocycles. The van der Waals surface area contributed by atoms with E-state index >= 15 is 4.39 Å². The standard InChI is InChI=1S/C34H37F3N8O3S/c1-39-31-21(13-38)24-20(12-23(35)25(36)29(24)49-31)27-26(37)28-22(14-40-27)30(44(4)16-34(43(2)3)6-5-7-34)42-32(41-28)48-19-33(17-47-18-33)15-45-8-10-46-11-9-45/h12,14H,1,5-11,15-19H2,2-4H3. The summed E-state index contributed by atoms with van der Waals surface area (Å²) in [6.45, 7) is 9.06. The first-order valence-electron chi connectivity index (χ1n) is 16.2. The molecule has 3 fully saturated rings. The molecule has 0 amide bonds. The Bertz CT molecular complexity index is 1970. The fraction of sp³-hybridized carbons (Fsp3) is 0.500. The van der Waals surface area contributed by atoms with Gasteiger partial charge in [0, 0.05) is 55.9 Å². The highest BCUT2D eigenvalue weighted by atomic mass is 32.1. The number of ether oxygens (including phenoxy) is 3. The van der Waals surface area contributed by atoms with Crippen molar-refractivity contribution in [2.24, 2.45) is 10.4 Å². The van der Waals surface area contributed by atoms with Gasteiger partial charge < -0.3 is 24.0 Å². The Labute approximate surface area is 285 Å². The average Bonchev–Trinajstić information content (AvgIpc) is 3.45. The van der Waals surface area contributed by atoms with E-state index in [9.17, 15) is 14.0 Å². The number of likely N-dealkylation sites (N-methyl/N-ethyl adjacent to an activating group) is 2. The van der Waals surface area contributed by atoms with Crippen molar-refractivity contribution in [3.05, 3.63) is 35.3 Å². The molecule has 49 heavy (non-hydrogen) atoms. The topological polar surface area (TPSA) is 112 Å². The van der Waals surface area contributed by atoms with Gasteiger partial charge in [-0.2, -0.15) is 15.2 Å². The lowest BCUT2D eigenvalue weighted by Crippen LogP contribution is -2.57. The van der Waals surface area contributed by atoms with E-state index in [0.29, 0.717) is 44.2 Å². The van der Waals surface area contributed by atoms with Crippen LogP contribution < -0.4 is 9.64 Å². The van der Waals surface area contributed by atoms with Gasteiger partial charge in [0.25, 0.3) is 0 Å². The lowest BCUT2D eigenvalue weighted by atomic mass is 9.75. The number of aromatic nitrogens is 3. The number of morpholine rings is 1. The Kier molecular flexibility index (Phi) is 8.95. The van der Waals surface area contributed by atoms with Crippen molar-refractivity contribution >= 4 is 49.9 Å². The second kappa shape index (κ2) is 13.1. The zero-order valence-electron chi connectivity index (χ0n) is 27.7. The van der Waals surface area contributed by atoms with E-state index in [1.54, 1.807) is 0 Å². The second-order valence-electron chi connectivity index (χ2n) is 13.5. The minimum atomic E-state index is -1.21. The van der Waals surface area contributed by atoms with Crippen molar-refractivity contribution < 1.29 is 27.4 Å². The highest BCUT2D eigenvalue weighted by Gasteiger charge is 2.43. The molecular weight excluding hydrogens is 657 g/mol. The summed E-state index contributed by atoms with van der Waals surface area (Å²) in [5.41, 5.74) is -0.884. The SMILES string of the molecule is C=Nc1sc2c(F)c(F)cc(-c3ncc4c(N(C)CC5(N(C)C)CCC5)nc(OCC5(CN6CCOCC6)COC5)nc4c3F)c2c1C#N. The number of aliphatic imine (C=N–C) groups is 1. The molecule has 3 aliphatic rings. The molecule has 0 spiro atoms.